The Hall–Kier alpha value is -0.390. The first kappa shape index (κ1) is 14.0. The van der Waals surface area contributed by atoms with Gasteiger partial charge in [0.05, 0.1) is 6.10 Å². The van der Waals surface area contributed by atoms with Crippen molar-refractivity contribution in [1.29, 1.82) is 0 Å². The van der Waals surface area contributed by atoms with Crippen LogP contribution >= 0.6 is 38.9 Å². The van der Waals surface area contributed by atoms with Gasteiger partial charge in [0.1, 0.15) is 0 Å². The lowest BCUT2D eigenvalue weighted by atomic mass is 10.1. The largest absolute Gasteiger partial charge is 0.387 e. The molecule has 2 rings (SSSR count). The smallest absolute Gasteiger partial charge is 0.0914 e. The van der Waals surface area contributed by atoms with Gasteiger partial charge in [-0.1, -0.05) is 23.7 Å². The second-order valence-corrected chi connectivity index (χ2v) is 6.18. The number of rotatable bonds is 5. The molecule has 0 aliphatic heterocycles. The number of aliphatic hydroxyl groups is 1. The van der Waals surface area contributed by atoms with Crippen LogP contribution in [0.3, 0.4) is 0 Å². The number of hydrogen-bond acceptors (Lipinski definition) is 3. The van der Waals surface area contributed by atoms with E-state index in [-0.39, 0.29) is 0 Å². The summed E-state index contributed by atoms with van der Waals surface area (Å²) in [7, 11) is 0. The van der Waals surface area contributed by atoms with Gasteiger partial charge < -0.3 is 10.4 Å². The average molecular weight is 347 g/mol. The molecule has 0 bridgehead atoms. The topological polar surface area (TPSA) is 32.3 Å². The van der Waals surface area contributed by atoms with E-state index < -0.39 is 6.10 Å². The first-order valence-electron chi connectivity index (χ1n) is 5.53. The van der Waals surface area contributed by atoms with Crippen LogP contribution in [0, 0.1) is 0 Å². The normalized spacial score (nSPS) is 12.6. The van der Waals surface area contributed by atoms with E-state index in [1.807, 2.05) is 23.6 Å². The zero-order chi connectivity index (χ0) is 13.0. The van der Waals surface area contributed by atoms with Crippen molar-refractivity contribution in [2.45, 2.75) is 12.6 Å². The Balaban J connectivity index is 1.83. The summed E-state index contributed by atoms with van der Waals surface area (Å²) < 4.78 is 1.11. The monoisotopic (exact) mass is 345 g/mol. The highest BCUT2D eigenvalue weighted by Gasteiger charge is 2.07. The standard InChI is InChI=1S/C13H13BrClNOS/c14-11-5-6-18-13(11)8-16-7-12(17)9-1-3-10(15)4-2-9/h1-6,12,16-17H,7-8H2. The van der Waals surface area contributed by atoms with Crippen LogP contribution in [-0.4, -0.2) is 11.7 Å². The predicted molar refractivity (Wildman–Crippen MR) is 80.1 cm³/mol. The minimum atomic E-state index is -0.513. The number of benzene rings is 1. The van der Waals surface area contributed by atoms with Gasteiger partial charge in [0.25, 0.3) is 0 Å². The van der Waals surface area contributed by atoms with Crippen molar-refractivity contribution in [2.75, 3.05) is 6.54 Å². The lowest BCUT2D eigenvalue weighted by Gasteiger charge is -2.12. The van der Waals surface area contributed by atoms with Crippen LogP contribution in [0.15, 0.2) is 40.2 Å². The molecular formula is C13H13BrClNOS. The van der Waals surface area contributed by atoms with Crippen molar-refractivity contribution >= 4 is 38.9 Å². The van der Waals surface area contributed by atoms with Crippen LogP contribution in [0.25, 0.3) is 0 Å². The second-order valence-electron chi connectivity index (χ2n) is 3.89. The van der Waals surface area contributed by atoms with E-state index in [1.165, 1.54) is 4.88 Å². The average Bonchev–Trinajstić information content (AvgIpc) is 2.76. The zero-order valence-electron chi connectivity index (χ0n) is 9.57. The Bertz CT molecular complexity index is 500. The minimum absolute atomic E-state index is 0.513. The maximum absolute atomic E-state index is 10.00. The summed E-state index contributed by atoms with van der Waals surface area (Å²) in [6, 6.07) is 9.29. The van der Waals surface area contributed by atoms with Gasteiger partial charge >= 0.3 is 0 Å². The van der Waals surface area contributed by atoms with E-state index in [0.717, 1.165) is 16.6 Å². The highest BCUT2D eigenvalue weighted by molar-refractivity contribution is 9.10. The molecule has 5 heteroatoms. The maximum Gasteiger partial charge on any atom is 0.0914 e. The molecule has 0 aliphatic rings. The van der Waals surface area contributed by atoms with Crippen LogP contribution in [0.5, 0.6) is 0 Å². The lowest BCUT2D eigenvalue weighted by molar-refractivity contribution is 0.174. The fraction of sp³-hybridized carbons (Fsp3) is 0.231. The molecule has 0 radical (unpaired) electrons. The van der Waals surface area contributed by atoms with E-state index in [1.54, 1.807) is 23.5 Å². The molecule has 1 aromatic heterocycles. The molecule has 2 nitrogen and oxygen atoms in total. The van der Waals surface area contributed by atoms with Gasteiger partial charge in [0, 0.05) is 27.5 Å². The molecule has 1 unspecified atom stereocenters. The fourth-order valence-electron chi connectivity index (χ4n) is 1.58. The Morgan fingerprint density at radius 1 is 1.28 bits per heavy atom. The van der Waals surface area contributed by atoms with Crippen molar-refractivity contribution in [3.05, 3.63) is 55.6 Å². The summed E-state index contributed by atoms with van der Waals surface area (Å²) in [5.74, 6) is 0. The van der Waals surface area contributed by atoms with Crippen molar-refractivity contribution in [1.82, 2.24) is 5.32 Å². The molecule has 0 saturated carbocycles. The Morgan fingerprint density at radius 2 is 2.00 bits per heavy atom. The van der Waals surface area contributed by atoms with Gasteiger partial charge in [-0.2, -0.15) is 0 Å². The quantitative estimate of drug-likeness (QED) is 0.858. The third-order valence-corrected chi connectivity index (χ3v) is 4.75. The number of thiophene rings is 1. The molecule has 1 heterocycles. The van der Waals surface area contributed by atoms with Gasteiger partial charge in [-0.25, -0.2) is 0 Å². The van der Waals surface area contributed by atoms with Crippen LogP contribution < -0.4 is 5.32 Å². The SMILES string of the molecule is OC(CNCc1sccc1Br)c1ccc(Cl)cc1. The van der Waals surface area contributed by atoms with Crippen LogP contribution in [-0.2, 0) is 6.54 Å². The lowest BCUT2D eigenvalue weighted by Crippen LogP contribution is -2.20. The maximum atomic E-state index is 10.00. The molecular weight excluding hydrogens is 334 g/mol. The Kier molecular flexibility index (Phi) is 5.21. The molecule has 1 aromatic carbocycles. The number of hydrogen-bond donors (Lipinski definition) is 2. The van der Waals surface area contributed by atoms with Gasteiger partial charge in [0.2, 0.25) is 0 Å². The highest BCUT2D eigenvalue weighted by Crippen LogP contribution is 2.22. The molecule has 2 N–H and O–H groups in total. The molecule has 0 amide bonds. The first-order valence-corrected chi connectivity index (χ1v) is 7.58. The third kappa shape index (κ3) is 3.80. The van der Waals surface area contributed by atoms with Crippen LogP contribution in [0.1, 0.15) is 16.5 Å². The minimum Gasteiger partial charge on any atom is -0.387 e. The van der Waals surface area contributed by atoms with Gasteiger partial charge in [-0.3, -0.25) is 0 Å². The van der Waals surface area contributed by atoms with E-state index in [0.29, 0.717) is 11.6 Å². The summed E-state index contributed by atoms with van der Waals surface area (Å²) in [6.07, 6.45) is -0.513. The van der Waals surface area contributed by atoms with Gasteiger partial charge in [0.15, 0.2) is 0 Å². The molecule has 2 aromatic rings. The van der Waals surface area contributed by atoms with Gasteiger partial charge in [-0.15, -0.1) is 11.3 Å². The molecule has 0 aliphatic carbocycles. The Labute approximate surface area is 124 Å². The predicted octanol–water partition coefficient (Wildman–Crippen LogP) is 3.99. The summed E-state index contributed by atoms with van der Waals surface area (Å²) in [6.45, 7) is 1.27. The summed E-state index contributed by atoms with van der Waals surface area (Å²) >= 11 is 11.0. The molecule has 0 fully saturated rings. The number of halogens is 2. The van der Waals surface area contributed by atoms with Gasteiger partial charge in [-0.05, 0) is 45.1 Å². The molecule has 0 spiro atoms. The molecule has 18 heavy (non-hydrogen) atoms. The molecule has 96 valence electrons. The van der Waals surface area contributed by atoms with E-state index in [4.69, 9.17) is 11.6 Å². The highest BCUT2D eigenvalue weighted by atomic mass is 79.9. The van der Waals surface area contributed by atoms with Crippen molar-refractivity contribution < 1.29 is 5.11 Å². The third-order valence-electron chi connectivity index (χ3n) is 2.57. The zero-order valence-corrected chi connectivity index (χ0v) is 12.7. The van der Waals surface area contributed by atoms with Crippen molar-refractivity contribution in [2.24, 2.45) is 0 Å². The first-order chi connectivity index (χ1) is 8.66. The summed E-state index contributed by atoms with van der Waals surface area (Å²) in [5, 5.41) is 16.0. The summed E-state index contributed by atoms with van der Waals surface area (Å²) in [4.78, 5) is 1.23. The van der Waals surface area contributed by atoms with Crippen LogP contribution in [0.4, 0.5) is 0 Å². The van der Waals surface area contributed by atoms with Crippen LogP contribution in [0.2, 0.25) is 5.02 Å². The molecule has 1 atom stereocenters. The van der Waals surface area contributed by atoms with E-state index in [9.17, 15) is 5.11 Å². The Morgan fingerprint density at radius 3 is 2.61 bits per heavy atom. The summed E-state index contributed by atoms with van der Waals surface area (Å²) in [5.41, 5.74) is 0.872. The number of nitrogens with one attached hydrogen (secondary N) is 1. The molecule has 0 saturated heterocycles. The number of aliphatic hydroxyl groups excluding tert-OH is 1. The fourth-order valence-corrected chi connectivity index (χ4v) is 3.16. The second kappa shape index (κ2) is 6.68. The van der Waals surface area contributed by atoms with E-state index >= 15 is 0 Å². The van der Waals surface area contributed by atoms with Crippen molar-refractivity contribution in [3.63, 3.8) is 0 Å². The van der Waals surface area contributed by atoms with E-state index in [2.05, 4.69) is 21.2 Å². The van der Waals surface area contributed by atoms with Crippen molar-refractivity contribution in [3.8, 4) is 0 Å².